The first-order valence-electron chi connectivity index (χ1n) is 6.96. The van der Waals surface area contributed by atoms with Gasteiger partial charge in [0, 0.05) is 5.56 Å². The fraction of sp³-hybridized carbons (Fsp3) is 0.0556. The van der Waals surface area contributed by atoms with Crippen LogP contribution in [-0.4, -0.2) is 12.6 Å². The van der Waals surface area contributed by atoms with Crippen molar-refractivity contribution >= 4 is 6.29 Å². The zero-order valence-electron chi connectivity index (χ0n) is 12.2. The lowest BCUT2D eigenvalue weighted by atomic mass is 10.0. The highest BCUT2D eigenvalue weighted by atomic mass is 19.4. The molecule has 0 bridgehead atoms. The number of carbonyl (C=O) groups excluding carboxylic acids is 1. The van der Waals surface area contributed by atoms with Crippen LogP contribution in [0.2, 0.25) is 0 Å². The van der Waals surface area contributed by atoms with Crippen molar-refractivity contribution in [2.24, 2.45) is 0 Å². The molecule has 1 aromatic heterocycles. The van der Waals surface area contributed by atoms with Gasteiger partial charge in [-0.15, -0.1) is 13.2 Å². The quantitative estimate of drug-likeness (QED) is 0.607. The molecule has 3 rings (SSSR count). The molecule has 122 valence electrons. The molecule has 0 saturated heterocycles. The largest absolute Gasteiger partial charge is 0.573 e. The van der Waals surface area contributed by atoms with E-state index in [0.717, 1.165) is 16.7 Å². The van der Waals surface area contributed by atoms with Gasteiger partial charge in [-0.1, -0.05) is 36.4 Å². The number of hydrogen-bond donors (Lipinski definition) is 0. The third-order valence-electron chi connectivity index (χ3n) is 3.33. The van der Waals surface area contributed by atoms with Crippen molar-refractivity contribution in [2.45, 2.75) is 6.36 Å². The van der Waals surface area contributed by atoms with Gasteiger partial charge in [0.25, 0.3) is 0 Å². The Hall–Kier alpha value is -3.02. The van der Waals surface area contributed by atoms with Crippen molar-refractivity contribution in [1.82, 2.24) is 0 Å². The number of rotatable bonds is 4. The predicted molar refractivity (Wildman–Crippen MR) is 81.7 cm³/mol. The molecule has 24 heavy (non-hydrogen) atoms. The highest BCUT2D eigenvalue weighted by Crippen LogP contribution is 2.28. The van der Waals surface area contributed by atoms with Crippen LogP contribution in [-0.2, 0) is 0 Å². The molecule has 1 heterocycles. The molecule has 0 radical (unpaired) electrons. The second-order valence-corrected chi connectivity index (χ2v) is 4.97. The van der Waals surface area contributed by atoms with Crippen LogP contribution in [0.5, 0.6) is 5.75 Å². The molecule has 6 heteroatoms. The maximum absolute atomic E-state index is 12.1. The van der Waals surface area contributed by atoms with Gasteiger partial charge in [0.1, 0.15) is 11.5 Å². The molecule has 3 nitrogen and oxygen atoms in total. The fourth-order valence-corrected chi connectivity index (χ4v) is 2.25. The normalized spacial score (nSPS) is 11.3. The molecule has 0 aliphatic heterocycles. The topological polar surface area (TPSA) is 39.4 Å². The Labute approximate surface area is 135 Å². The molecule has 3 aromatic rings. The van der Waals surface area contributed by atoms with Gasteiger partial charge in [0.2, 0.25) is 0 Å². The summed E-state index contributed by atoms with van der Waals surface area (Å²) in [7, 11) is 0. The van der Waals surface area contributed by atoms with Crippen LogP contribution in [0, 0.1) is 0 Å². The molecule has 0 aliphatic carbocycles. The highest BCUT2D eigenvalue weighted by Gasteiger charge is 2.30. The van der Waals surface area contributed by atoms with Crippen molar-refractivity contribution in [2.75, 3.05) is 0 Å². The van der Waals surface area contributed by atoms with Crippen molar-refractivity contribution in [1.29, 1.82) is 0 Å². The third kappa shape index (κ3) is 3.65. The lowest BCUT2D eigenvalue weighted by Gasteiger charge is -2.09. The average molecular weight is 332 g/mol. The third-order valence-corrected chi connectivity index (χ3v) is 3.33. The van der Waals surface area contributed by atoms with Crippen LogP contribution in [0.1, 0.15) is 10.6 Å². The van der Waals surface area contributed by atoms with Gasteiger partial charge < -0.3 is 9.15 Å². The van der Waals surface area contributed by atoms with Crippen LogP contribution in [0.3, 0.4) is 0 Å². The SMILES string of the molecule is O=Cc1ccc(-c2ccc(-c3ccc(OC(F)(F)F)cc3)cc2)o1. The molecule has 0 spiro atoms. The van der Waals surface area contributed by atoms with Crippen molar-refractivity contribution in [3.8, 4) is 28.2 Å². The molecule has 0 fully saturated rings. The minimum atomic E-state index is -4.70. The van der Waals surface area contributed by atoms with E-state index in [1.54, 1.807) is 24.3 Å². The number of hydrogen-bond acceptors (Lipinski definition) is 3. The molecule has 0 aliphatic rings. The zero-order chi connectivity index (χ0) is 17.2. The van der Waals surface area contributed by atoms with E-state index in [-0.39, 0.29) is 11.5 Å². The Morgan fingerprint density at radius 1 is 0.792 bits per heavy atom. The molecule has 0 saturated carbocycles. The first kappa shape index (κ1) is 15.9. The number of alkyl halides is 3. The minimum Gasteiger partial charge on any atom is -0.453 e. The molecular weight excluding hydrogens is 321 g/mol. The maximum atomic E-state index is 12.1. The van der Waals surface area contributed by atoms with Gasteiger partial charge in [-0.25, -0.2) is 0 Å². The summed E-state index contributed by atoms with van der Waals surface area (Å²) in [6.07, 6.45) is -4.07. The van der Waals surface area contributed by atoms with Gasteiger partial charge in [-0.3, -0.25) is 4.79 Å². The highest BCUT2D eigenvalue weighted by molar-refractivity contribution is 5.73. The number of benzene rings is 2. The van der Waals surface area contributed by atoms with Crippen molar-refractivity contribution in [3.05, 3.63) is 66.4 Å². The summed E-state index contributed by atoms with van der Waals surface area (Å²) >= 11 is 0. The van der Waals surface area contributed by atoms with E-state index >= 15 is 0 Å². The Morgan fingerprint density at radius 3 is 1.83 bits per heavy atom. The van der Waals surface area contributed by atoms with Crippen LogP contribution < -0.4 is 4.74 Å². The van der Waals surface area contributed by atoms with E-state index in [1.165, 1.54) is 12.1 Å². The minimum absolute atomic E-state index is 0.245. The second-order valence-electron chi connectivity index (χ2n) is 4.97. The van der Waals surface area contributed by atoms with Gasteiger partial charge in [-0.2, -0.15) is 0 Å². The Bertz CT molecular complexity index is 831. The maximum Gasteiger partial charge on any atom is 0.573 e. The van der Waals surface area contributed by atoms with Crippen LogP contribution in [0.4, 0.5) is 13.2 Å². The summed E-state index contributed by atoms with van der Waals surface area (Å²) in [5, 5.41) is 0. The number of halogens is 3. The van der Waals surface area contributed by atoms with Crippen LogP contribution in [0.25, 0.3) is 22.5 Å². The summed E-state index contributed by atoms with van der Waals surface area (Å²) in [6.45, 7) is 0. The summed E-state index contributed by atoms with van der Waals surface area (Å²) < 4.78 is 45.6. The van der Waals surface area contributed by atoms with E-state index in [4.69, 9.17) is 4.42 Å². The Kier molecular flexibility index (Phi) is 4.12. The van der Waals surface area contributed by atoms with E-state index < -0.39 is 6.36 Å². The first-order chi connectivity index (χ1) is 11.4. The monoisotopic (exact) mass is 332 g/mol. The summed E-state index contributed by atoms with van der Waals surface area (Å²) in [5.74, 6) is 0.548. The van der Waals surface area contributed by atoms with Gasteiger partial charge in [-0.05, 0) is 35.4 Å². The van der Waals surface area contributed by atoms with Crippen LogP contribution >= 0.6 is 0 Å². The molecule has 0 atom stereocenters. The van der Waals surface area contributed by atoms with E-state index in [9.17, 15) is 18.0 Å². The predicted octanol–water partition coefficient (Wildman–Crippen LogP) is 5.32. The van der Waals surface area contributed by atoms with E-state index in [0.29, 0.717) is 12.0 Å². The molecule has 0 unspecified atom stereocenters. The number of carbonyl (C=O) groups is 1. The van der Waals surface area contributed by atoms with E-state index in [2.05, 4.69) is 4.74 Å². The molecular formula is C18H11F3O3. The Balaban J connectivity index is 1.79. The summed E-state index contributed by atoms with van der Waals surface area (Å²) in [4.78, 5) is 10.6. The van der Waals surface area contributed by atoms with Crippen molar-refractivity contribution in [3.63, 3.8) is 0 Å². The second kappa shape index (κ2) is 6.23. The summed E-state index contributed by atoms with van der Waals surface area (Å²) in [6, 6.07) is 16.2. The number of ether oxygens (including phenoxy) is 1. The smallest absolute Gasteiger partial charge is 0.453 e. The van der Waals surface area contributed by atoms with Crippen molar-refractivity contribution < 1.29 is 27.1 Å². The lowest BCUT2D eigenvalue weighted by molar-refractivity contribution is -0.274. The Morgan fingerprint density at radius 2 is 1.33 bits per heavy atom. The standard InChI is InChI=1S/C18H11F3O3/c19-18(20,21)24-15-7-5-13(6-8-15)12-1-3-14(4-2-12)17-10-9-16(11-22)23-17/h1-11H. The van der Waals surface area contributed by atoms with Gasteiger partial charge in [0.15, 0.2) is 12.0 Å². The molecule has 2 aromatic carbocycles. The lowest BCUT2D eigenvalue weighted by Crippen LogP contribution is -2.16. The summed E-state index contributed by atoms with van der Waals surface area (Å²) in [5.41, 5.74) is 2.38. The fourth-order valence-electron chi connectivity index (χ4n) is 2.25. The average Bonchev–Trinajstić information content (AvgIpc) is 3.03. The number of aldehydes is 1. The van der Waals surface area contributed by atoms with Crippen LogP contribution in [0.15, 0.2) is 65.1 Å². The molecule has 0 amide bonds. The van der Waals surface area contributed by atoms with Gasteiger partial charge >= 0.3 is 6.36 Å². The molecule has 0 N–H and O–H groups in total. The van der Waals surface area contributed by atoms with Gasteiger partial charge in [0.05, 0.1) is 0 Å². The van der Waals surface area contributed by atoms with E-state index in [1.807, 2.05) is 24.3 Å². The first-order valence-corrected chi connectivity index (χ1v) is 6.96. The zero-order valence-corrected chi connectivity index (χ0v) is 12.2. The number of furan rings is 1.